The summed E-state index contributed by atoms with van der Waals surface area (Å²) in [5.41, 5.74) is 0.208. The van der Waals surface area contributed by atoms with Crippen molar-refractivity contribution in [1.29, 1.82) is 0 Å². The van der Waals surface area contributed by atoms with Crippen molar-refractivity contribution in [3.63, 3.8) is 0 Å². The molecule has 0 N–H and O–H groups in total. The van der Waals surface area contributed by atoms with Gasteiger partial charge in [-0.15, -0.1) is 0 Å². The maximum atomic E-state index is 13.5. The first-order valence-corrected chi connectivity index (χ1v) is 5.82. The van der Waals surface area contributed by atoms with Crippen LogP contribution < -0.4 is 0 Å². The van der Waals surface area contributed by atoms with E-state index in [0.29, 0.717) is 10.9 Å². The van der Waals surface area contributed by atoms with Crippen molar-refractivity contribution in [2.45, 2.75) is 25.9 Å². The third kappa shape index (κ3) is 2.98. The molecule has 1 rings (SSSR count). The molecule has 0 saturated heterocycles. The number of carbonyl (C=O) groups excluding carboxylic acids is 2. The van der Waals surface area contributed by atoms with Gasteiger partial charge in [0.2, 0.25) is 12.0 Å². The minimum Gasteiger partial charge on any atom is -0.296 e. The summed E-state index contributed by atoms with van der Waals surface area (Å²) in [4.78, 5) is 22.9. The number of Topliss-reactive ketones (excluding diaryl/α,β-unsaturated/α-hetero) is 2. The highest BCUT2D eigenvalue weighted by molar-refractivity contribution is 9.10. The van der Waals surface area contributed by atoms with E-state index in [-0.39, 0.29) is 12.0 Å². The maximum absolute atomic E-state index is 13.5. The van der Waals surface area contributed by atoms with Crippen molar-refractivity contribution in [2.24, 2.45) is 0 Å². The molecule has 0 heterocycles. The van der Waals surface area contributed by atoms with Crippen LogP contribution in [0.3, 0.4) is 0 Å². The van der Waals surface area contributed by atoms with Gasteiger partial charge < -0.3 is 0 Å². The van der Waals surface area contributed by atoms with Crippen LogP contribution in [0.1, 0.15) is 30.1 Å². The second kappa shape index (κ2) is 5.89. The van der Waals surface area contributed by atoms with Gasteiger partial charge in [-0.1, -0.05) is 41.1 Å². The predicted octanol–water partition coefficient (Wildman–Crippen LogP) is 3.34. The average Bonchev–Trinajstić information content (AvgIpc) is 2.28. The number of hydrogen-bond donors (Lipinski definition) is 0. The SMILES string of the molecule is CCCC(=O)C(F)C(=O)c1ccccc1Br. The van der Waals surface area contributed by atoms with Gasteiger partial charge in [0.05, 0.1) is 0 Å². The van der Waals surface area contributed by atoms with E-state index in [1.807, 2.05) is 0 Å². The molecule has 0 amide bonds. The molecule has 1 atom stereocenters. The molecule has 86 valence electrons. The molecular formula is C12H12BrFO2. The first-order chi connectivity index (χ1) is 7.57. The zero-order chi connectivity index (χ0) is 12.1. The molecule has 0 bridgehead atoms. The van der Waals surface area contributed by atoms with Crippen molar-refractivity contribution in [3.8, 4) is 0 Å². The maximum Gasteiger partial charge on any atom is 0.220 e. The lowest BCUT2D eigenvalue weighted by Gasteiger charge is -2.07. The Morgan fingerprint density at radius 3 is 2.56 bits per heavy atom. The van der Waals surface area contributed by atoms with E-state index in [1.54, 1.807) is 25.1 Å². The molecular weight excluding hydrogens is 275 g/mol. The lowest BCUT2D eigenvalue weighted by atomic mass is 10.0. The number of benzene rings is 1. The Labute approximate surface area is 102 Å². The van der Waals surface area contributed by atoms with Crippen LogP contribution in [-0.2, 0) is 4.79 Å². The second-order valence-corrected chi connectivity index (χ2v) is 4.28. The Balaban J connectivity index is 2.86. The molecule has 4 heteroatoms. The zero-order valence-electron chi connectivity index (χ0n) is 8.87. The molecule has 0 aliphatic carbocycles. The molecule has 0 spiro atoms. The lowest BCUT2D eigenvalue weighted by molar-refractivity contribution is -0.122. The van der Waals surface area contributed by atoms with Crippen LogP contribution in [0.4, 0.5) is 4.39 Å². The van der Waals surface area contributed by atoms with Gasteiger partial charge in [0.25, 0.3) is 0 Å². The highest BCUT2D eigenvalue weighted by Crippen LogP contribution is 2.19. The summed E-state index contributed by atoms with van der Waals surface area (Å²) in [6, 6.07) is 6.50. The van der Waals surface area contributed by atoms with Gasteiger partial charge >= 0.3 is 0 Å². The second-order valence-electron chi connectivity index (χ2n) is 3.42. The molecule has 0 aliphatic heterocycles. The van der Waals surface area contributed by atoms with Crippen molar-refractivity contribution in [1.82, 2.24) is 0 Å². The number of hydrogen-bond acceptors (Lipinski definition) is 2. The first-order valence-electron chi connectivity index (χ1n) is 5.03. The van der Waals surface area contributed by atoms with E-state index in [9.17, 15) is 14.0 Å². The standard InChI is InChI=1S/C12H12BrFO2/c1-2-5-10(15)11(14)12(16)8-6-3-4-7-9(8)13/h3-4,6-7,11H,2,5H2,1H3. The average molecular weight is 287 g/mol. The topological polar surface area (TPSA) is 34.1 Å². The minimum absolute atomic E-state index is 0.0946. The number of carbonyl (C=O) groups is 2. The molecule has 1 unspecified atom stereocenters. The molecule has 16 heavy (non-hydrogen) atoms. The molecule has 2 nitrogen and oxygen atoms in total. The van der Waals surface area contributed by atoms with Crippen LogP contribution in [0.15, 0.2) is 28.7 Å². The van der Waals surface area contributed by atoms with Crippen LogP contribution in [0.25, 0.3) is 0 Å². The number of halogens is 2. The molecule has 0 aliphatic rings. The van der Waals surface area contributed by atoms with Gasteiger partial charge in [0, 0.05) is 16.5 Å². The summed E-state index contributed by atoms with van der Waals surface area (Å²) < 4.78 is 14.0. The van der Waals surface area contributed by atoms with E-state index in [0.717, 1.165) is 0 Å². The minimum atomic E-state index is -2.04. The molecule has 0 radical (unpaired) electrons. The summed E-state index contributed by atoms with van der Waals surface area (Å²) in [6.45, 7) is 1.77. The molecule has 1 aromatic rings. The van der Waals surface area contributed by atoms with Crippen LogP contribution >= 0.6 is 15.9 Å². The van der Waals surface area contributed by atoms with Crippen LogP contribution in [0, 0.1) is 0 Å². The van der Waals surface area contributed by atoms with Crippen molar-refractivity contribution >= 4 is 27.5 Å². The van der Waals surface area contributed by atoms with E-state index in [1.165, 1.54) is 6.07 Å². The monoisotopic (exact) mass is 286 g/mol. The quantitative estimate of drug-likeness (QED) is 0.615. The lowest BCUT2D eigenvalue weighted by Crippen LogP contribution is -2.25. The van der Waals surface area contributed by atoms with Crippen LogP contribution in [-0.4, -0.2) is 17.7 Å². The number of alkyl halides is 1. The Morgan fingerprint density at radius 1 is 1.38 bits per heavy atom. The van der Waals surface area contributed by atoms with Gasteiger partial charge in [0.1, 0.15) is 0 Å². The Kier molecular flexibility index (Phi) is 4.80. The van der Waals surface area contributed by atoms with E-state index in [2.05, 4.69) is 15.9 Å². The summed E-state index contributed by atoms with van der Waals surface area (Å²) in [5.74, 6) is -1.42. The van der Waals surface area contributed by atoms with Crippen molar-refractivity contribution in [2.75, 3.05) is 0 Å². The first kappa shape index (κ1) is 13.0. The van der Waals surface area contributed by atoms with Gasteiger partial charge in [-0.05, 0) is 12.5 Å². The van der Waals surface area contributed by atoms with E-state index >= 15 is 0 Å². The molecule has 1 aromatic carbocycles. The molecule has 0 aromatic heterocycles. The van der Waals surface area contributed by atoms with E-state index in [4.69, 9.17) is 0 Å². The number of ketones is 2. The highest BCUT2D eigenvalue weighted by Gasteiger charge is 2.27. The largest absolute Gasteiger partial charge is 0.296 e. The van der Waals surface area contributed by atoms with E-state index < -0.39 is 17.7 Å². The fraction of sp³-hybridized carbons (Fsp3) is 0.333. The molecule has 0 fully saturated rings. The molecule has 0 saturated carbocycles. The Morgan fingerprint density at radius 2 is 2.00 bits per heavy atom. The summed E-state index contributed by atoms with van der Waals surface area (Å²) in [5, 5.41) is 0. The summed E-state index contributed by atoms with van der Waals surface area (Å²) >= 11 is 3.15. The fourth-order valence-electron chi connectivity index (χ4n) is 1.32. The van der Waals surface area contributed by atoms with Crippen LogP contribution in [0.5, 0.6) is 0 Å². The van der Waals surface area contributed by atoms with Gasteiger partial charge in [-0.3, -0.25) is 9.59 Å². The zero-order valence-corrected chi connectivity index (χ0v) is 10.5. The van der Waals surface area contributed by atoms with Gasteiger partial charge in [0.15, 0.2) is 5.78 Å². The fourth-order valence-corrected chi connectivity index (χ4v) is 1.80. The predicted molar refractivity (Wildman–Crippen MR) is 63.3 cm³/mol. The highest BCUT2D eigenvalue weighted by atomic mass is 79.9. The summed E-state index contributed by atoms with van der Waals surface area (Å²) in [6.07, 6.45) is -1.40. The van der Waals surface area contributed by atoms with Crippen molar-refractivity contribution in [3.05, 3.63) is 34.3 Å². The van der Waals surface area contributed by atoms with Gasteiger partial charge in [-0.2, -0.15) is 0 Å². The third-order valence-electron chi connectivity index (χ3n) is 2.15. The number of rotatable bonds is 5. The van der Waals surface area contributed by atoms with Gasteiger partial charge in [-0.25, -0.2) is 4.39 Å². The Bertz CT molecular complexity index is 404. The normalized spacial score (nSPS) is 12.2. The smallest absolute Gasteiger partial charge is 0.220 e. The third-order valence-corrected chi connectivity index (χ3v) is 2.84. The summed E-state index contributed by atoms with van der Waals surface area (Å²) in [7, 11) is 0. The van der Waals surface area contributed by atoms with Crippen molar-refractivity contribution < 1.29 is 14.0 Å². The Hall–Kier alpha value is -1.03. The van der Waals surface area contributed by atoms with Crippen LogP contribution in [0.2, 0.25) is 0 Å².